The number of hydrogen-bond donors (Lipinski definition) is 1. The van der Waals surface area contributed by atoms with Crippen molar-refractivity contribution in [2.45, 2.75) is 89.5 Å². The molecule has 2 aliphatic rings. The average Bonchev–Trinajstić information content (AvgIpc) is 2.94. The zero-order valence-corrected chi connectivity index (χ0v) is 15.7. The highest BCUT2D eigenvalue weighted by molar-refractivity contribution is 5.36. The van der Waals surface area contributed by atoms with Gasteiger partial charge in [0, 0.05) is 5.54 Å². The van der Waals surface area contributed by atoms with E-state index in [4.69, 9.17) is 5.73 Å². The lowest BCUT2D eigenvalue weighted by Crippen LogP contribution is -2.32. The predicted octanol–water partition coefficient (Wildman–Crippen LogP) is 5.91. The Morgan fingerprint density at radius 3 is 2.83 bits per heavy atom. The average molecular weight is 326 g/mol. The van der Waals surface area contributed by atoms with Crippen molar-refractivity contribution < 1.29 is 0 Å². The number of fused-ring (bicyclic) bond motifs is 1. The van der Waals surface area contributed by atoms with Gasteiger partial charge in [-0.2, -0.15) is 0 Å². The van der Waals surface area contributed by atoms with Gasteiger partial charge in [0.05, 0.1) is 0 Å². The van der Waals surface area contributed by atoms with Crippen molar-refractivity contribution in [1.29, 1.82) is 0 Å². The number of benzene rings is 1. The number of unbranched alkanes of at least 4 members (excludes halogenated alkanes) is 2. The van der Waals surface area contributed by atoms with Crippen LogP contribution in [0.3, 0.4) is 0 Å². The first-order valence-electron chi connectivity index (χ1n) is 10.1. The molecule has 0 bridgehead atoms. The number of nitrogens with two attached hydrogens (primary N) is 1. The molecule has 3 rings (SSSR count). The summed E-state index contributed by atoms with van der Waals surface area (Å²) in [5, 5.41) is 0. The first-order chi connectivity index (χ1) is 11.6. The highest BCUT2D eigenvalue weighted by atomic mass is 14.7. The normalized spacial score (nSPS) is 30.0. The molecule has 0 amide bonds. The molecule has 0 aromatic heterocycles. The van der Waals surface area contributed by atoms with E-state index < -0.39 is 0 Å². The lowest BCUT2D eigenvalue weighted by atomic mass is 9.79. The van der Waals surface area contributed by atoms with E-state index in [2.05, 4.69) is 44.2 Å². The third kappa shape index (κ3) is 4.51. The fourth-order valence-corrected chi connectivity index (χ4v) is 4.77. The summed E-state index contributed by atoms with van der Waals surface area (Å²) >= 11 is 0. The minimum Gasteiger partial charge on any atom is -0.325 e. The van der Waals surface area contributed by atoms with Gasteiger partial charge in [-0.3, -0.25) is 0 Å². The molecule has 1 nitrogen and oxygen atoms in total. The summed E-state index contributed by atoms with van der Waals surface area (Å²) in [5.74, 6) is 1.60. The molecular weight excluding hydrogens is 290 g/mol. The second-order valence-electron chi connectivity index (χ2n) is 8.58. The van der Waals surface area contributed by atoms with E-state index in [9.17, 15) is 0 Å². The topological polar surface area (TPSA) is 26.0 Å². The molecule has 132 valence electrons. The third-order valence-corrected chi connectivity index (χ3v) is 6.28. The first kappa shape index (κ1) is 17.7. The van der Waals surface area contributed by atoms with E-state index in [-0.39, 0.29) is 5.54 Å². The van der Waals surface area contributed by atoms with Crippen LogP contribution in [0.2, 0.25) is 0 Å². The summed E-state index contributed by atoms with van der Waals surface area (Å²) in [4.78, 5) is 0. The molecule has 1 aromatic carbocycles. The zero-order chi connectivity index (χ0) is 17.0. The summed E-state index contributed by atoms with van der Waals surface area (Å²) in [6.45, 7) is 4.33. The maximum atomic E-state index is 6.33. The Hall–Kier alpha value is -1.08. The van der Waals surface area contributed by atoms with Crippen molar-refractivity contribution in [3.8, 4) is 0 Å². The molecule has 24 heavy (non-hydrogen) atoms. The van der Waals surface area contributed by atoms with Gasteiger partial charge in [0.1, 0.15) is 0 Å². The smallest absolute Gasteiger partial charge is 0.0131 e. The van der Waals surface area contributed by atoms with Gasteiger partial charge in [0.2, 0.25) is 0 Å². The van der Waals surface area contributed by atoms with Gasteiger partial charge in [-0.1, -0.05) is 43.2 Å². The molecule has 0 heterocycles. The van der Waals surface area contributed by atoms with Gasteiger partial charge in [-0.05, 0) is 93.7 Å². The van der Waals surface area contributed by atoms with E-state index >= 15 is 0 Å². The molecule has 2 aliphatic carbocycles. The molecule has 0 radical (unpaired) electrons. The van der Waals surface area contributed by atoms with Crippen LogP contribution in [-0.2, 0) is 12.8 Å². The summed E-state index contributed by atoms with van der Waals surface area (Å²) in [6, 6.07) is 7.35. The van der Waals surface area contributed by atoms with Crippen molar-refractivity contribution >= 4 is 0 Å². The second kappa shape index (κ2) is 7.87. The summed E-state index contributed by atoms with van der Waals surface area (Å²) in [6.07, 6.45) is 17.4. The van der Waals surface area contributed by atoms with E-state index in [1.54, 1.807) is 16.7 Å². The van der Waals surface area contributed by atoms with Crippen molar-refractivity contribution in [3.63, 3.8) is 0 Å². The maximum Gasteiger partial charge on any atom is 0.0131 e. The Balaban J connectivity index is 1.54. The van der Waals surface area contributed by atoms with Crippen LogP contribution >= 0.6 is 0 Å². The van der Waals surface area contributed by atoms with Crippen LogP contribution in [0.1, 0.15) is 87.8 Å². The van der Waals surface area contributed by atoms with Crippen LogP contribution in [0.15, 0.2) is 30.4 Å². The zero-order valence-electron chi connectivity index (χ0n) is 15.7. The van der Waals surface area contributed by atoms with Gasteiger partial charge < -0.3 is 5.73 Å². The van der Waals surface area contributed by atoms with Crippen molar-refractivity contribution in [3.05, 3.63) is 47.0 Å². The third-order valence-electron chi connectivity index (χ3n) is 6.28. The molecule has 3 atom stereocenters. The molecule has 1 fully saturated rings. The highest BCUT2D eigenvalue weighted by Gasteiger charge is 2.32. The molecule has 1 heteroatoms. The summed E-state index contributed by atoms with van der Waals surface area (Å²) in [7, 11) is 0. The van der Waals surface area contributed by atoms with E-state index in [0.29, 0.717) is 5.92 Å². The van der Waals surface area contributed by atoms with Crippen LogP contribution in [-0.4, -0.2) is 5.54 Å². The van der Waals surface area contributed by atoms with Gasteiger partial charge in [0.15, 0.2) is 0 Å². The van der Waals surface area contributed by atoms with Crippen LogP contribution in [0.5, 0.6) is 0 Å². The predicted molar refractivity (Wildman–Crippen MR) is 104 cm³/mol. The molecule has 0 aliphatic heterocycles. The quantitative estimate of drug-likeness (QED) is 0.510. The largest absolute Gasteiger partial charge is 0.325 e. The molecule has 2 N–H and O–H groups in total. The standard InChI is InChI=1S/C23H35N/c1-3-4-5-6-7-8-18-9-10-20-16-21(12-11-19(20)15-18)22-13-14-23(2,24)17-22/h3-4,11-12,16,18,22H,5-10,13-15,17,24H2,1-2H3/b4-3-/t18-,22+,23-/m1/s1. The Morgan fingerprint density at radius 1 is 1.21 bits per heavy atom. The molecule has 0 saturated heterocycles. The first-order valence-corrected chi connectivity index (χ1v) is 10.1. The van der Waals surface area contributed by atoms with Gasteiger partial charge >= 0.3 is 0 Å². The van der Waals surface area contributed by atoms with Crippen molar-refractivity contribution in [2.75, 3.05) is 0 Å². The second-order valence-corrected chi connectivity index (χ2v) is 8.58. The minimum absolute atomic E-state index is 0.0542. The SMILES string of the molecule is C/C=C\CCCC[C@@H]1CCc2cc([C@H]3CC[C@@](C)(N)C3)ccc2C1. The monoisotopic (exact) mass is 325 g/mol. The number of hydrogen-bond acceptors (Lipinski definition) is 1. The van der Waals surface area contributed by atoms with Gasteiger partial charge in [-0.15, -0.1) is 0 Å². The Labute approximate surface area is 148 Å². The number of aryl methyl sites for hydroxylation is 1. The molecule has 1 saturated carbocycles. The van der Waals surface area contributed by atoms with Crippen molar-refractivity contribution in [1.82, 2.24) is 0 Å². The summed E-state index contributed by atoms with van der Waals surface area (Å²) in [5.41, 5.74) is 11.2. The lowest BCUT2D eigenvalue weighted by molar-refractivity contribution is 0.409. The van der Waals surface area contributed by atoms with Crippen LogP contribution in [0.25, 0.3) is 0 Å². The Bertz CT molecular complexity index is 569. The Morgan fingerprint density at radius 2 is 2.08 bits per heavy atom. The number of rotatable bonds is 6. The molecule has 0 spiro atoms. The molecular formula is C23H35N. The molecule has 0 unspecified atom stereocenters. The van der Waals surface area contributed by atoms with E-state index in [0.717, 1.165) is 12.3 Å². The minimum atomic E-state index is 0.0542. The summed E-state index contributed by atoms with van der Waals surface area (Å²) < 4.78 is 0. The highest BCUT2D eigenvalue weighted by Crippen LogP contribution is 2.40. The fraction of sp³-hybridized carbons (Fsp3) is 0.652. The maximum absolute atomic E-state index is 6.33. The Kier molecular flexibility index (Phi) is 5.81. The van der Waals surface area contributed by atoms with Crippen molar-refractivity contribution in [2.24, 2.45) is 11.7 Å². The van der Waals surface area contributed by atoms with Gasteiger partial charge in [0.25, 0.3) is 0 Å². The number of allylic oxidation sites excluding steroid dienone is 2. The van der Waals surface area contributed by atoms with Crippen LogP contribution < -0.4 is 5.73 Å². The van der Waals surface area contributed by atoms with Crippen LogP contribution in [0.4, 0.5) is 0 Å². The van der Waals surface area contributed by atoms with E-state index in [1.165, 1.54) is 57.8 Å². The fourth-order valence-electron chi connectivity index (χ4n) is 4.77. The molecule has 1 aromatic rings. The van der Waals surface area contributed by atoms with Gasteiger partial charge in [-0.25, -0.2) is 0 Å². The lowest BCUT2D eigenvalue weighted by Gasteiger charge is -2.26. The van der Waals surface area contributed by atoms with Crippen LogP contribution in [0, 0.1) is 5.92 Å². The van der Waals surface area contributed by atoms with E-state index in [1.807, 2.05) is 0 Å².